The van der Waals surface area contributed by atoms with Gasteiger partial charge in [0, 0.05) is 5.54 Å². The molecule has 2 nitrogen and oxygen atoms in total. The fraction of sp³-hybridized carbons (Fsp3) is 0.462. The summed E-state index contributed by atoms with van der Waals surface area (Å²) < 4.78 is 40.8. The second kappa shape index (κ2) is 5.77. The monoisotopic (exact) mass is 290 g/mol. The molecule has 0 saturated carbocycles. The van der Waals surface area contributed by atoms with E-state index in [0.29, 0.717) is 0 Å². The summed E-state index contributed by atoms with van der Waals surface area (Å²) in [6, 6.07) is 9.20. The Labute approximate surface area is 111 Å². The van der Waals surface area contributed by atoms with Crippen molar-refractivity contribution in [1.82, 2.24) is 0 Å². The van der Waals surface area contributed by atoms with E-state index in [-0.39, 0.29) is 12.1 Å². The highest BCUT2D eigenvalue weighted by molar-refractivity contribution is 6.77. The average Bonchev–Trinajstić information content (AvgIpc) is 2.27. The molecule has 0 radical (unpaired) electrons. The summed E-state index contributed by atoms with van der Waals surface area (Å²) in [5.41, 5.74) is 0.761. The van der Waals surface area contributed by atoms with Gasteiger partial charge in [-0.25, -0.2) is 4.79 Å². The topological polar surface area (TPSA) is 26.3 Å². The standard InChI is InChI=1S/C13H17F3O2Si/c1-19(2,3)11(10-7-5-4-6-8-10)9-18-12(17)13(14,15)16/h4-8,11H,9H2,1-3H3. The predicted molar refractivity (Wildman–Crippen MR) is 69.5 cm³/mol. The summed E-state index contributed by atoms with van der Waals surface area (Å²) in [6.45, 7) is 5.88. The van der Waals surface area contributed by atoms with E-state index in [0.717, 1.165) is 5.56 Å². The lowest BCUT2D eigenvalue weighted by molar-refractivity contribution is -0.199. The number of hydrogen-bond acceptors (Lipinski definition) is 2. The van der Waals surface area contributed by atoms with Gasteiger partial charge in [-0.15, -0.1) is 0 Å². The van der Waals surface area contributed by atoms with E-state index in [2.05, 4.69) is 4.74 Å². The second-order valence-corrected chi connectivity index (χ2v) is 10.9. The summed E-state index contributed by atoms with van der Waals surface area (Å²) in [6.07, 6.45) is -4.93. The molecule has 6 heteroatoms. The molecule has 19 heavy (non-hydrogen) atoms. The molecule has 0 aliphatic rings. The minimum atomic E-state index is -4.93. The molecule has 1 rings (SSSR count). The Morgan fingerprint density at radius 3 is 2.16 bits per heavy atom. The van der Waals surface area contributed by atoms with E-state index in [1.165, 1.54) is 0 Å². The van der Waals surface area contributed by atoms with Crippen molar-refractivity contribution in [3.63, 3.8) is 0 Å². The minimum absolute atomic E-state index is 0.153. The fourth-order valence-corrected chi connectivity index (χ4v) is 3.55. The normalized spacial score (nSPS) is 14.0. The average molecular weight is 290 g/mol. The Hall–Kier alpha value is -1.30. The van der Waals surface area contributed by atoms with E-state index < -0.39 is 20.2 Å². The highest BCUT2D eigenvalue weighted by atomic mass is 28.3. The van der Waals surface area contributed by atoms with Crippen molar-refractivity contribution in [2.24, 2.45) is 0 Å². The molecule has 0 heterocycles. The molecule has 0 bridgehead atoms. The Morgan fingerprint density at radius 1 is 1.21 bits per heavy atom. The molecule has 0 aliphatic carbocycles. The Balaban J connectivity index is 2.82. The number of hydrogen-bond donors (Lipinski definition) is 0. The minimum Gasteiger partial charge on any atom is -0.459 e. The first-order chi connectivity index (χ1) is 8.62. The summed E-state index contributed by atoms with van der Waals surface area (Å²) in [5.74, 6) is -2.12. The Morgan fingerprint density at radius 2 is 1.74 bits per heavy atom. The van der Waals surface area contributed by atoms with Gasteiger partial charge in [0.05, 0.1) is 14.7 Å². The quantitative estimate of drug-likeness (QED) is 0.623. The number of ether oxygens (including phenoxy) is 1. The Bertz CT molecular complexity index is 424. The maximum atomic E-state index is 12.1. The van der Waals surface area contributed by atoms with Crippen LogP contribution in [-0.4, -0.2) is 26.8 Å². The largest absolute Gasteiger partial charge is 0.490 e. The van der Waals surface area contributed by atoms with Gasteiger partial charge in [0.2, 0.25) is 0 Å². The van der Waals surface area contributed by atoms with Gasteiger partial charge in [0.1, 0.15) is 0 Å². The van der Waals surface area contributed by atoms with Crippen molar-refractivity contribution in [2.45, 2.75) is 31.4 Å². The van der Waals surface area contributed by atoms with E-state index >= 15 is 0 Å². The van der Waals surface area contributed by atoms with E-state index in [1.807, 2.05) is 50.0 Å². The summed E-state index contributed by atoms with van der Waals surface area (Å²) in [4.78, 5) is 10.8. The van der Waals surface area contributed by atoms with E-state index in [9.17, 15) is 18.0 Å². The highest BCUT2D eigenvalue weighted by Crippen LogP contribution is 2.28. The van der Waals surface area contributed by atoms with Gasteiger partial charge < -0.3 is 4.74 Å². The van der Waals surface area contributed by atoms with Gasteiger partial charge in [0.15, 0.2) is 0 Å². The Kier molecular flexibility index (Phi) is 4.79. The number of carbonyl (C=O) groups is 1. The van der Waals surface area contributed by atoms with Gasteiger partial charge in [0.25, 0.3) is 0 Å². The van der Waals surface area contributed by atoms with Gasteiger partial charge in [-0.05, 0) is 5.56 Å². The summed E-state index contributed by atoms with van der Waals surface area (Å²) in [7, 11) is -1.80. The third kappa shape index (κ3) is 4.70. The third-order valence-electron chi connectivity index (χ3n) is 2.86. The van der Waals surface area contributed by atoms with Crippen LogP contribution in [0.3, 0.4) is 0 Å². The van der Waals surface area contributed by atoms with Crippen molar-refractivity contribution in [2.75, 3.05) is 6.61 Å². The van der Waals surface area contributed by atoms with Crippen LogP contribution in [0, 0.1) is 0 Å². The zero-order valence-electron chi connectivity index (χ0n) is 11.1. The summed E-state index contributed by atoms with van der Waals surface area (Å²) in [5, 5.41) is 0. The van der Waals surface area contributed by atoms with Crippen molar-refractivity contribution in [3.8, 4) is 0 Å². The molecular weight excluding hydrogens is 273 g/mol. The molecule has 0 N–H and O–H groups in total. The molecule has 1 aromatic rings. The maximum Gasteiger partial charge on any atom is 0.490 e. The molecule has 1 unspecified atom stereocenters. The smallest absolute Gasteiger partial charge is 0.459 e. The third-order valence-corrected chi connectivity index (χ3v) is 5.45. The van der Waals surface area contributed by atoms with Crippen LogP contribution in [0.15, 0.2) is 30.3 Å². The van der Waals surface area contributed by atoms with Gasteiger partial charge in [-0.3, -0.25) is 0 Å². The van der Waals surface area contributed by atoms with Crippen LogP contribution in [0.1, 0.15) is 11.1 Å². The molecule has 106 valence electrons. The summed E-state index contributed by atoms with van der Waals surface area (Å²) >= 11 is 0. The molecule has 0 spiro atoms. The maximum absolute atomic E-state index is 12.1. The van der Waals surface area contributed by atoms with Crippen LogP contribution in [0.25, 0.3) is 0 Å². The number of esters is 1. The highest BCUT2D eigenvalue weighted by Gasteiger charge is 2.42. The second-order valence-electron chi connectivity index (χ2n) is 5.43. The van der Waals surface area contributed by atoms with Crippen molar-refractivity contribution >= 4 is 14.0 Å². The lowest BCUT2D eigenvalue weighted by atomic mass is 10.1. The molecule has 0 amide bonds. The molecule has 0 saturated heterocycles. The first-order valence-corrected chi connectivity index (χ1v) is 9.49. The van der Waals surface area contributed by atoms with Gasteiger partial charge in [-0.2, -0.15) is 13.2 Å². The number of rotatable bonds is 4. The molecule has 0 fully saturated rings. The number of halogens is 3. The SMILES string of the molecule is C[Si](C)(C)C(COC(=O)C(F)(F)F)c1ccccc1. The molecule has 1 aromatic carbocycles. The van der Waals surface area contributed by atoms with Crippen LogP contribution in [-0.2, 0) is 9.53 Å². The van der Waals surface area contributed by atoms with Crippen LogP contribution in [0.2, 0.25) is 19.6 Å². The first-order valence-electron chi connectivity index (χ1n) is 5.91. The van der Waals surface area contributed by atoms with Crippen molar-refractivity contribution in [3.05, 3.63) is 35.9 Å². The zero-order valence-corrected chi connectivity index (χ0v) is 12.1. The van der Waals surface area contributed by atoms with Crippen LogP contribution in [0.4, 0.5) is 13.2 Å². The van der Waals surface area contributed by atoms with Crippen LogP contribution >= 0.6 is 0 Å². The van der Waals surface area contributed by atoms with Crippen molar-refractivity contribution in [1.29, 1.82) is 0 Å². The lowest BCUT2D eigenvalue weighted by Gasteiger charge is -2.29. The number of benzene rings is 1. The molecule has 1 atom stereocenters. The van der Waals surface area contributed by atoms with Gasteiger partial charge in [-0.1, -0.05) is 50.0 Å². The van der Waals surface area contributed by atoms with Crippen LogP contribution < -0.4 is 0 Å². The van der Waals surface area contributed by atoms with Crippen LogP contribution in [0.5, 0.6) is 0 Å². The molecule has 0 aliphatic heterocycles. The fourth-order valence-electron chi connectivity index (χ4n) is 1.77. The number of alkyl halides is 3. The van der Waals surface area contributed by atoms with E-state index in [1.54, 1.807) is 0 Å². The molecular formula is C13H17F3O2Si. The first kappa shape index (κ1) is 15.8. The van der Waals surface area contributed by atoms with Gasteiger partial charge >= 0.3 is 12.1 Å². The number of carbonyl (C=O) groups excluding carboxylic acids is 1. The lowest BCUT2D eigenvalue weighted by Crippen LogP contribution is -2.36. The molecule has 0 aromatic heterocycles. The zero-order chi connectivity index (χ0) is 14.7. The predicted octanol–water partition coefficient (Wildman–Crippen LogP) is 3.75. The van der Waals surface area contributed by atoms with Crippen molar-refractivity contribution < 1.29 is 22.7 Å². The van der Waals surface area contributed by atoms with E-state index in [4.69, 9.17) is 0 Å².